The number of aromatic amines is 1. The summed E-state index contributed by atoms with van der Waals surface area (Å²) in [6.45, 7) is 4.27. The fourth-order valence-electron chi connectivity index (χ4n) is 6.79. The molecule has 0 saturated carbocycles. The lowest BCUT2D eigenvalue weighted by molar-refractivity contribution is -0.149. The standard InChI is InChI=1S/C27H23N3O3/c1-26(13-31)11-19-29-17-9-5-3-7-14(17)21-22-16(12-28-25(22)32)20-15-8-4-6-10-18(15)30(24(20)23(21)29)27(26,2)33-19/h3-10,12,19,28,31-32H,11,13H2,1-2H3. The van der Waals surface area contributed by atoms with E-state index < -0.39 is 11.1 Å². The number of fused-ring (bicyclic) bond motifs is 13. The lowest BCUT2D eigenvalue weighted by Gasteiger charge is -2.40. The fourth-order valence-corrected chi connectivity index (χ4v) is 6.79. The molecular formula is C27H23N3O3. The van der Waals surface area contributed by atoms with Gasteiger partial charge in [-0.1, -0.05) is 43.3 Å². The molecular weight excluding hydrogens is 414 g/mol. The average molecular weight is 437 g/mol. The molecule has 0 radical (unpaired) electrons. The van der Waals surface area contributed by atoms with Crippen molar-refractivity contribution in [2.24, 2.45) is 5.41 Å². The Bertz CT molecular complexity index is 1820. The Morgan fingerprint density at radius 3 is 2.39 bits per heavy atom. The number of nitrogens with zero attached hydrogens (tertiary/aromatic N) is 2. The second kappa shape index (κ2) is 5.35. The van der Waals surface area contributed by atoms with Crippen LogP contribution < -0.4 is 0 Å². The third kappa shape index (κ3) is 1.74. The van der Waals surface area contributed by atoms with Crippen molar-refractivity contribution in [3.05, 3.63) is 54.7 Å². The van der Waals surface area contributed by atoms with E-state index in [1.807, 2.05) is 12.3 Å². The van der Waals surface area contributed by atoms with Gasteiger partial charge < -0.3 is 29.1 Å². The zero-order valence-electron chi connectivity index (χ0n) is 18.4. The first-order chi connectivity index (χ1) is 16.0. The summed E-state index contributed by atoms with van der Waals surface area (Å²) >= 11 is 0. The number of hydrogen-bond acceptors (Lipinski definition) is 3. The Hall–Kier alpha value is -3.48. The molecule has 2 aliphatic heterocycles. The van der Waals surface area contributed by atoms with E-state index >= 15 is 0 Å². The van der Waals surface area contributed by atoms with Crippen LogP contribution in [0.2, 0.25) is 0 Å². The Labute approximate surface area is 188 Å². The van der Waals surface area contributed by atoms with Crippen molar-refractivity contribution >= 4 is 54.4 Å². The van der Waals surface area contributed by atoms with E-state index in [4.69, 9.17) is 4.74 Å². The zero-order valence-corrected chi connectivity index (χ0v) is 18.4. The van der Waals surface area contributed by atoms with Gasteiger partial charge in [0.1, 0.15) is 6.23 Å². The second-order valence-electron chi connectivity index (χ2n) is 10.1. The van der Waals surface area contributed by atoms with Crippen LogP contribution in [-0.2, 0) is 10.5 Å². The highest BCUT2D eigenvalue weighted by molar-refractivity contribution is 6.37. The van der Waals surface area contributed by atoms with Crippen LogP contribution in [0.15, 0.2) is 54.7 Å². The maximum absolute atomic E-state index is 11.0. The van der Waals surface area contributed by atoms with Crippen molar-refractivity contribution in [1.29, 1.82) is 0 Å². The SMILES string of the molecule is CC1(CO)CC2OC1(C)n1c3ccccc3c3c4c[nH]c(O)c4c4c5ccccc5n2c4c31. The molecule has 0 amide bonds. The summed E-state index contributed by atoms with van der Waals surface area (Å²) in [6.07, 6.45) is 2.38. The maximum Gasteiger partial charge on any atom is 0.197 e. The Kier molecular flexibility index (Phi) is 2.92. The number of aromatic hydroxyl groups is 1. The maximum atomic E-state index is 11.0. The molecule has 8 rings (SSSR count). The van der Waals surface area contributed by atoms with Gasteiger partial charge in [0.25, 0.3) is 0 Å². The van der Waals surface area contributed by atoms with Crippen LogP contribution in [0, 0.1) is 5.41 Å². The first kappa shape index (κ1) is 18.0. The van der Waals surface area contributed by atoms with Crippen LogP contribution >= 0.6 is 0 Å². The molecule has 1 fully saturated rings. The molecule has 3 aromatic heterocycles. The molecule has 2 aliphatic rings. The topological polar surface area (TPSA) is 75.3 Å². The fraction of sp³-hybridized carbons (Fsp3) is 0.259. The number of aromatic nitrogens is 3. The van der Waals surface area contributed by atoms with Gasteiger partial charge >= 0.3 is 0 Å². The Morgan fingerprint density at radius 2 is 1.64 bits per heavy atom. The minimum Gasteiger partial charge on any atom is -0.494 e. The molecule has 2 bridgehead atoms. The smallest absolute Gasteiger partial charge is 0.197 e. The first-order valence-corrected chi connectivity index (χ1v) is 11.5. The van der Waals surface area contributed by atoms with Gasteiger partial charge in [0, 0.05) is 45.0 Å². The van der Waals surface area contributed by atoms with Gasteiger partial charge in [0.05, 0.1) is 34.1 Å². The molecule has 0 aliphatic carbocycles. The molecule has 6 aromatic rings. The van der Waals surface area contributed by atoms with Gasteiger partial charge in [-0.05, 0) is 19.1 Å². The van der Waals surface area contributed by atoms with E-state index in [-0.39, 0.29) is 18.7 Å². The normalized spacial score (nSPS) is 26.6. The monoisotopic (exact) mass is 437 g/mol. The quantitative estimate of drug-likeness (QED) is 0.309. The van der Waals surface area contributed by atoms with Gasteiger partial charge in [0.15, 0.2) is 11.6 Å². The molecule has 6 heteroatoms. The highest BCUT2D eigenvalue weighted by Gasteiger charge is 2.58. The molecule has 1 saturated heterocycles. The van der Waals surface area contributed by atoms with Gasteiger partial charge in [-0.2, -0.15) is 0 Å². The number of aliphatic hydroxyl groups is 1. The number of nitrogens with one attached hydrogen (secondary N) is 1. The number of hydrogen-bond donors (Lipinski definition) is 3. The predicted molar refractivity (Wildman–Crippen MR) is 130 cm³/mol. The Morgan fingerprint density at radius 1 is 0.939 bits per heavy atom. The lowest BCUT2D eigenvalue weighted by Crippen LogP contribution is -2.45. The largest absolute Gasteiger partial charge is 0.494 e. The van der Waals surface area contributed by atoms with E-state index in [9.17, 15) is 10.2 Å². The number of ether oxygens (including phenoxy) is 1. The molecule has 164 valence electrons. The molecule has 33 heavy (non-hydrogen) atoms. The third-order valence-corrected chi connectivity index (χ3v) is 8.56. The van der Waals surface area contributed by atoms with Crippen molar-refractivity contribution in [2.45, 2.75) is 32.2 Å². The van der Waals surface area contributed by atoms with Gasteiger partial charge in [0.2, 0.25) is 0 Å². The lowest BCUT2D eigenvalue weighted by atomic mass is 9.79. The number of aliphatic hydroxyl groups excluding tert-OH is 1. The van der Waals surface area contributed by atoms with Crippen molar-refractivity contribution in [1.82, 2.24) is 14.1 Å². The van der Waals surface area contributed by atoms with Crippen molar-refractivity contribution in [3.63, 3.8) is 0 Å². The number of benzene rings is 3. The van der Waals surface area contributed by atoms with Crippen molar-refractivity contribution in [2.75, 3.05) is 6.61 Å². The van der Waals surface area contributed by atoms with Crippen LogP contribution in [0.3, 0.4) is 0 Å². The minimum absolute atomic E-state index is 0.0267. The van der Waals surface area contributed by atoms with Crippen molar-refractivity contribution in [3.8, 4) is 5.88 Å². The van der Waals surface area contributed by atoms with E-state index in [0.29, 0.717) is 6.42 Å². The van der Waals surface area contributed by atoms with Gasteiger partial charge in [-0.3, -0.25) is 0 Å². The number of rotatable bonds is 1. The predicted octanol–water partition coefficient (Wildman–Crippen LogP) is 5.69. The molecule has 3 aromatic carbocycles. The minimum atomic E-state index is -0.743. The zero-order chi connectivity index (χ0) is 22.3. The molecule has 3 unspecified atom stereocenters. The highest BCUT2D eigenvalue weighted by Crippen LogP contribution is 2.60. The summed E-state index contributed by atoms with van der Waals surface area (Å²) in [7, 11) is 0. The molecule has 0 spiro atoms. The molecule has 3 atom stereocenters. The molecule has 5 heterocycles. The second-order valence-corrected chi connectivity index (χ2v) is 10.1. The molecule has 3 N–H and O–H groups in total. The summed E-state index contributed by atoms with van der Waals surface area (Å²) < 4.78 is 11.6. The summed E-state index contributed by atoms with van der Waals surface area (Å²) in [5.41, 5.74) is 3.11. The van der Waals surface area contributed by atoms with E-state index in [0.717, 1.165) is 54.4 Å². The first-order valence-electron chi connectivity index (χ1n) is 11.5. The van der Waals surface area contributed by atoms with Crippen LogP contribution in [0.5, 0.6) is 5.88 Å². The van der Waals surface area contributed by atoms with Gasteiger partial charge in [-0.25, -0.2) is 0 Å². The Balaban J connectivity index is 1.81. The average Bonchev–Trinajstić information content (AvgIpc) is 3.51. The van der Waals surface area contributed by atoms with Crippen LogP contribution in [0.25, 0.3) is 54.4 Å². The van der Waals surface area contributed by atoms with E-state index in [1.165, 1.54) is 0 Å². The summed E-state index contributed by atoms with van der Waals surface area (Å²) in [4.78, 5) is 3.09. The highest BCUT2D eigenvalue weighted by atomic mass is 16.5. The van der Waals surface area contributed by atoms with Crippen LogP contribution in [0.1, 0.15) is 26.5 Å². The summed E-state index contributed by atoms with van der Waals surface area (Å²) in [5.74, 6) is 0.188. The van der Waals surface area contributed by atoms with Crippen LogP contribution in [0.4, 0.5) is 0 Å². The van der Waals surface area contributed by atoms with Crippen molar-refractivity contribution < 1.29 is 14.9 Å². The van der Waals surface area contributed by atoms with E-state index in [2.05, 4.69) is 70.4 Å². The van der Waals surface area contributed by atoms with Gasteiger partial charge in [-0.15, -0.1) is 0 Å². The van der Waals surface area contributed by atoms with Crippen LogP contribution in [-0.4, -0.2) is 30.9 Å². The molecule has 6 nitrogen and oxygen atoms in total. The summed E-state index contributed by atoms with van der Waals surface area (Å²) in [5, 5.41) is 27.8. The number of para-hydroxylation sites is 2. The number of H-pyrrole nitrogens is 1. The summed E-state index contributed by atoms with van der Waals surface area (Å²) in [6, 6.07) is 16.7. The third-order valence-electron chi connectivity index (χ3n) is 8.56. The van der Waals surface area contributed by atoms with E-state index in [1.54, 1.807) is 0 Å².